The zero-order valence-corrected chi connectivity index (χ0v) is 13.4. The minimum Gasteiger partial charge on any atom is -0.497 e. The van der Waals surface area contributed by atoms with Crippen molar-refractivity contribution in [2.45, 2.75) is 12.8 Å². The van der Waals surface area contributed by atoms with Gasteiger partial charge in [0.25, 0.3) is 0 Å². The molecule has 116 valence electrons. The summed E-state index contributed by atoms with van der Waals surface area (Å²) in [7, 11) is 1.65. The molecule has 2 saturated heterocycles. The van der Waals surface area contributed by atoms with Crippen LogP contribution in [0.4, 0.5) is 0 Å². The average molecular weight is 311 g/mol. The van der Waals surface area contributed by atoms with Crippen LogP contribution in [0.2, 0.25) is 0 Å². The number of carbonyl (C=O) groups excluding carboxylic acids is 1. The average Bonchev–Trinajstić information content (AvgIpc) is 3.07. The lowest BCUT2D eigenvalue weighted by atomic mass is 9.99. The SMILES string of the molecule is COc1ccc(C(C)C(=O)N2C[C@H]3CNC[C@H]3C2)cc1.Cl. The van der Waals surface area contributed by atoms with Gasteiger partial charge in [-0.3, -0.25) is 4.79 Å². The third kappa shape index (κ3) is 3.16. The van der Waals surface area contributed by atoms with Crippen molar-refractivity contribution in [1.29, 1.82) is 0 Å². The zero-order valence-electron chi connectivity index (χ0n) is 12.5. The number of methoxy groups -OCH3 is 1. The molecule has 0 aliphatic carbocycles. The Hall–Kier alpha value is -1.26. The summed E-state index contributed by atoms with van der Waals surface area (Å²) >= 11 is 0. The third-order valence-electron chi connectivity index (χ3n) is 4.69. The molecule has 5 heteroatoms. The Morgan fingerprint density at radius 1 is 1.24 bits per heavy atom. The number of nitrogens with one attached hydrogen (secondary N) is 1. The molecule has 1 aromatic rings. The maximum Gasteiger partial charge on any atom is 0.229 e. The molecular formula is C16H23ClN2O2. The highest BCUT2D eigenvalue weighted by molar-refractivity contribution is 5.85. The lowest BCUT2D eigenvalue weighted by molar-refractivity contribution is -0.131. The molecule has 1 amide bonds. The highest BCUT2D eigenvalue weighted by Crippen LogP contribution is 2.29. The van der Waals surface area contributed by atoms with Crippen LogP contribution in [0.25, 0.3) is 0 Å². The Bertz CT molecular complexity index is 480. The second-order valence-corrected chi connectivity index (χ2v) is 5.92. The van der Waals surface area contributed by atoms with Gasteiger partial charge in [0.1, 0.15) is 5.75 Å². The number of halogens is 1. The molecule has 3 rings (SSSR count). The smallest absolute Gasteiger partial charge is 0.229 e. The molecule has 0 saturated carbocycles. The van der Waals surface area contributed by atoms with E-state index in [1.807, 2.05) is 36.1 Å². The number of fused-ring (bicyclic) bond motifs is 1. The van der Waals surface area contributed by atoms with E-state index in [-0.39, 0.29) is 24.2 Å². The summed E-state index contributed by atoms with van der Waals surface area (Å²) in [4.78, 5) is 14.7. The minimum atomic E-state index is -0.0762. The van der Waals surface area contributed by atoms with Crippen LogP contribution in [0, 0.1) is 11.8 Å². The molecule has 0 bridgehead atoms. The summed E-state index contributed by atoms with van der Waals surface area (Å²) < 4.78 is 5.16. The maximum atomic E-state index is 12.6. The molecule has 2 aliphatic heterocycles. The van der Waals surface area contributed by atoms with Gasteiger partial charge in [-0.05, 0) is 36.5 Å². The van der Waals surface area contributed by atoms with E-state index in [1.165, 1.54) is 0 Å². The van der Waals surface area contributed by atoms with Crippen LogP contribution < -0.4 is 10.1 Å². The molecule has 1 unspecified atom stereocenters. The number of rotatable bonds is 3. The topological polar surface area (TPSA) is 41.6 Å². The number of amides is 1. The van der Waals surface area contributed by atoms with E-state index in [1.54, 1.807) is 7.11 Å². The van der Waals surface area contributed by atoms with Crippen LogP contribution in [-0.4, -0.2) is 44.1 Å². The Morgan fingerprint density at radius 2 is 1.81 bits per heavy atom. The van der Waals surface area contributed by atoms with Gasteiger partial charge in [-0.15, -0.1) is 12.4 Å². The van der Waals surface area contributed by atoms with Gasteiger partial charge in [0, 0.05) is 26.2 Å². The molecule has 21 heavy (non-hydrogen) atoms. The quantitative estimate of drug-likeness (QED) is 0.927. The van der Waals surface area contributed by atoms with E-state index in [0.29, 0.717) is 11.8 Å². The van der Waals surface area contributed by atoms with Crippen molar-refractivity contribution in [3.8, 4) is 5.75 Å². The van der Waals surface area contributed by atoms with Crippen LogP contribution in [-0.2, 0) is 4.79 Å². The van der Waals surface area contributed by atoms with E-state index in [4.69, 9.17) is 4.74 Å². The van der Waals surface area contributed by atoms with Gasteiger partial charge < -0.3 is 15.0 Å². The fourth-order valence-electron chi connectivity index (χ4n) is 3.34. The number of hydrogen-bond donors (Lipinski definition) is 1. The van der Waals surface area contributed by atoms with Crippen LogP contribution in [0.3, 0.4) is 0 Å². The second kappa shape index (κ2) is 6.67. The van der Waals surface area contributed by atoms with Gasteiger partial charge in [-0.25, -0.2) is 0 Å². The monoisotopic (exact) mass is 310 g/mol. The highest BCUT2D eigenvalue weighted by atomic mass is 35.5. The molecule has 4 nitrogen and oxygen atoms in total. The van der Waals surface area contributed by atoms with Crippen LogP contribution in [0.5, 0.6) is 5.75 Å². The Morgan fingerprint density at radius 3 is 2.33 bits per heavy atom. The van der Waals surface area contributed by atoms with Crippen LogP contribution >= 0.6 is 12.4 Å². The zero-order chi connectivity index (χ0) is 14.1. The van der Waals surface area contributed by atoms with E-state index in [2.05, 4.69) is 5.32 Å². The standard InChI is InChI=1S/C16H22N2O2.ClH/c1-11(12-3-5-15(20-2)6-4-12)16(19)18-9-13-7-17-8-14(13)10-18;/h3-6,11,13-14,17H,7-10H2,1-2H3;1H/t11?,13-,14+;. The lowest BCUT2D eigenvalue weighted by Gasteiger charge is -2.22. The van der Waals surface area contributed by atoms with Gasteiger partial charge in [0.05, 0.1) is 13.0 Å². The van der Waals surface area contributed by atoms with Crippen molar-refractivity contribution in [2.75, 3.05) is 33.3 Å². The lowest BCUT2D eigenvalue weighted by Crippen LogP contribution is -2.34. The number of likely N-dealkylation sites (tertiary alicyclic amines) is 1. The molecule has 1 aromatic carbocycles. The molecule has 3 atom stereocenters. The highest BCUT2D eigenvalue weighted by Gasteiger charge is 2.39. The number of nitrogens with zero attached hydrogens (tertiary/aromatic N) is 1. The van der Waals surface area contributed by atoms with Gasteiger partial charge in [0.2, 0.25) is 5.91 Å². The first-order valence-electron chi connectivity index (χ1n) is 7.32. The largest absolute Gasteiger partial charge is 0.497 e. The number of carbonyl (C=O) groups is 1. The molecule has 1 N–H and O–H groups in total. The fourth-order valence-corrected chi connectivity index (χ4v) is 3.34. The Labute approximate surface area is 132 Å². The van der Waals surface area contributed by atoms with E-state index >= 15 is 0 Å². The summed E-state index contributed by atoms with van der Waals surface area (Å²) in [5.74, 6) is 2.32. The van der Waals surface area contributed by atoms with Crippen molar-refractivity contribution in [2.24, 2.45) is 11.8 Å². The second-order valence-electron chi connectivity index (χ2n) is 5.92. The first-order chi connectivity index (χ1) is 9.69. The summed E-state index contributed by atoms with van der Waals surface area (Å²) in [6.45, 7) is 5.95. The molecule has 2 heterocycles. The van der Waals surface area contributed by atoms with Gasteiger partial charge in [-0.2, -0.15) is 0 Å². The molecule has 2 aliphatic rings. The minimum absolute atomic E-state index is 0. The van der Waals surface area contributed by atoms with E-state index < -0.39 is 0 Å². The van der Waals surface area contributed by atoms with Gasteiger partial charge >= 0.3 is 0 Å². The molecule has 2 fully saturated rings. The molecule has 0 aromatic heterocycles. The third-order valence-corrected chi connectivity index (χ3v) is 4.69. The molecule has 0 radical (unpaired) electrons. The molecular weight excluding hydrogens is 288 g/mol. The fraction of sp³-hybridized carbons (Fsp3) is 0.562. The van der Waals surface area contributed by atoms with Crippen molar-refractivity contribution in [1.82, 2.24) is 10.2 Å². The summed E-state index contributed by atoms with van der Waals surface area (Å²) in [6.07, 6.45) is 0. The first kappa shape index (κ1) is 16.1. The van der Waals surface area contributed by atoms with Crippen molar-refractivity contribution < 1.29 is 9.53 Å². The summed E-state index contributed by atoms with van der Waals surface area (Å²) in [5, 5.41) is 3.41. The van der Waals surface area contributed by atoms with Crippen LogP contribution in [0.1, 0.15) is 18.4 Å². The summed E-state index contributed by atoms with van der Waals surface area (Å²) in [5.41, 5.74) is 1.06. The van der Waals surface area contributed by atoms with Crippen molar-refractivity contribution >= 4 is 18.3 Å². The maximum absolute atomic E-state index is 12.6. The molecule has 0 spiro atoms. The number of ether oxygens (including phenoxy) is 1. The number of benzene rings is 1. The number of hydrogen-bond acceptors (Lipinski definition) is 3. The first-order valence-corrected chi connectivity index (χ1v) is 7.32. The Kier molecular flexibility index (Phi) is 5.12. The van der Waals surface area contributed by atoms with Gasteiger partial charge in [0.15, 0.2) is 0 Å². The van der Waals surface area contributed by atoms with E-state index in [0.717, 1.165) is 37.5 Å². The van der Waals surface area contributed by atoms with Crippen molar-refractivity contribution in [3.63, 3.8) is 0 Å². The normalized spacial score (nSPS) is 25.1. The summed E-state index contributed by atoms with van der Waals surface area (Å²) in [6, 6.07) is 7.81. The van der Waals surface area contributed by atoms with Gasteiger partial charge in [-0.1, -0.05) is 12.1 Å². The Balaban J connectivity index is 0.00000161. The predicted molar refractivity (Wildman–Crippen MR) is 85.1 cm³/mol. The van der Waals surface area contributed by atoms with Crippen molar-refractivity contribution in [3.05, 3.63) is 29.8 Å². The van der Waals surface area contributed by atoms with Crippen LogP contribution in [0.15, 0.2) is 24.3 Å². The van der Waals surface area contributed by atoms with E-state index in [9.17, 15) is 4.79 Å². The predicted octanol–water partition coefficient (Wildman–Crippen LogP) is 1.90.